The first kappa shape index (κ1) is 14.8. The number of nitrogens with one attached hydrogen (secondary N) is 1. The van der Waals surface area contributed by atoms with E-state index in [0.717, 1.165) is 39.5 Å². The lowest BCUT2D eigenvalue weighted by atomic mass is 10.1. The molecule has 5 nitrogen and oxygen atoms in total. The van der Waals surface area contributed by atoms with E-state index in [1.54, 1.807) is 12.1 Å². The number of carbonyl (C=O) groups excluding carboxylic acids is 1. The van der Waals surface area contributed by atoms with Gasteiger partial charge < -0.3 is 9.73 Å². The molecule has 4 aromatic rings. The van der Waals surface area contributed by atoms with E-state index < -0.39 is 0 Å². The molecule has 0 bridgehead atoms. The summed E-state index contributed by atoms with van der Waals surface area (Å²) >= 11 is 1.15. The van der Waals surface area contributed by atoms with Gasteiger partial charge in [0, 0.05) is 23.4 Å². The number of aromatic nitrogens is 2. The maximum atomic E-state index is 12.4. The minimum Gasteiger partial charge on any atom is -0.461 e. The average molecular weight is 337 g/mol. The van der Waals surface area contributed by atoms with Gasteiger partial charge in [-0.1, -0.05) is 18.2 Å². The van der Waals surface area contributed by atoms with Gasteiger partial charge in [-0.05, 0) is 37.3 Å². The molecule has 120 valence electrons. The van der Waals surface area contributed by atoms with Crippen molar-refractivity contribution in [2.75, 3.05) is 0 Å². The number of rotatable bonds is 4. The van der Waals surface area contributed by atoms with E-state index in [1.165, 1.54) is 0 Å². The molecule has 1 amide bonds. The van der Waals surface area contributed by atoms with E-state index in [1.807, 2.05) is 43.3 Å². The predicted molar refractivity (Wildman–Crippen MR) is 94.3 cm³/mol. The van der Waals surface area contributed by atoms with Gasteiger partial charge in [-0.25, -0.2) is 0 Å². The summed E-state index contributed by atoms with van der Waals surface area (Å²) in [5.74, 6) is 0.747. The van der Waals surface area contributed by atoms with Crippen LogP contribution in [0.4, 0.5) is 0 Å². The molecule has 2 heterocycles. The van der Waals surface area contributed by atoms with Crippen LogP contribution in [0.5, 0.6) is 0 Å². The minimum atomic E-state index is -0.117. The third kappa shape index (κ3) is 2.88. The molecule has 6 heteroatoms. The van der Waals surface area contributed by atoms with Crippen LogP contribution in [0.1, 0.15) is 23.0 Å². The number of fused-ring (bicyclic) bond motifs is 2. The Morgan fingerprint density at radius 2 is 2.00 bits per heavy atom. The largest absolute Gasteiger partial charge is 0.461 e. The fourth-order valence-electron chi connectivity index (χ4n) is 2.72. The van der Waals surface area contributed by atoms with Gasteiger partial charge in [-0.2, -0.15) is 8.75 Å². The lowest BCUT2D eigenvalue weighted by Crippen LogP contribution is -2.33. The second-order valence-electron chi connectivity index (χ2n) is 5.80. The number of para-hydroxylation sites is 1. The maximum Gasteiger partial charge on any atom is 0.251 e. The van der Waals surface area contributed by atoms with Crippen molar-refractivity contribution in [3.8, 4) is 0 Å². The molecule has 0 aliphatic heterocycles. The zero-order valence-electron chi connectivity index (χ0n) is 13.0. The molecule has 0 spiro atoms. The first-order chi connectivity index (χ1) is 11.7. The Kier molecular flexibility index (Phi) is 3.74. The molecule has 0 saturated heterocycles. The Balaban J connectivity index is 1.46. The Morgan fingerprint density at radius 3 is 2.88 bits per heavy atom. The maximum absolute atomic E-state index is 12.4. The molecule has 0 fully saturated rings. The summed E-state index contributed by atoms with van der Waals surface area (Å²) in [7, 11) is 0. The van der Waals surface area contributed by atoms with Crippen molar-refractivity contribution in [1.29, 1.82) is 0 Å². The van der Waals surface area contributed by atoms with E-state index in [9.17, 15) is 4.79 Å². The van der Waals surface area contributed by atoms with Crippen molar-refractivity contribution in [3.05, 3.63) is 59.9 Å². The summed E-state index contributed by atoms with van der Waals surface area (Å²) in [4.78, 5) is 12.4. The number of benzene rings is 2. The van der Waals surface area contributed by atoms with Crippen LogP contribution in [0.3, 0.4) is 0 Å². The fourth-order valence-corrected chi connectivity index (χ4v) is 3.24. The highest BCUT2D eigenvalue weighted by Gasteiger charge is 2.13. The number of amides is 1. The summed E-state index contributed by atoms with van der Waals surface area (Å²) in [6, 6.07) is 15.2. The van der Waals surface area contributed by atoms with Crippen LogP contribution in [0.2, 0.25) is 0 Å². The number of nitrogens with zero attached hydrogens (tertiary/aromatic N) is 2. The van der Waals surface area contributed by atoms with Crippen LogP contribution < -0.4 is 5.32 Å². The smallest absolute Gasteiger partial charge is 0.251 e. The van der Waals surface area contributed by atoms with E-state index in [4.69, 9.17) is 4.42 Å². The average Bonchev–Trinajstić information content (AvgIpc) is 3.19. The Labute approximate surface area is 142 Å². The summed E-state index contributed by atoms with van der Waals surface area (Å²) in [5.41, 5.74) is 3.02. The standard InChI is InChI=1S/C18H15N3O2S/c1-11(8-14-9-12-4-2-3-5-17(12)23-14)19-18(22)13-6-7-15-16(10-13)21-24-20-15/h2-7,9-11H,8H2,1H3,(H,19,22)/t11-/m0/s1. The monoisotopic (exact) mass is 337 g/mol. The Hall–Kier alpha value is -2.73. The van der Waals surface area contributed by atoms with E-state index in [-0.39, 0.29) is 11.9 Å². The molecular formula is C18H15N3O2S. The molecule has 0 unspecified atom stereocenters. The molecular weight excluding hydrogens is 322 g/mol. The number of hydrogen-bond acceptors (Lipinski definition) is 5. The zero-order chi connectivity index (χ0) is 16.5. The van der Waals surface area contributed by atoms with Crippen molar-refractivity contribution in [3.63, 3.8) is 0 Å². The van der Waals surface area contributed by atoms with E-state index in [2.05, 4.69) is 14.1 Å². The molecule has 0 aliphatic rings. The topological polar surface area (TPSA) is 68.0 Å². The lowest BCUT2D eigenvalue weighted by Gasteiger charge is -2.12. The highest BCUT2D eigenvalue weighted by atomic mass is 32.1. The second-order valence-corrected chi connectivity index (χ2v) is 6.33. The van der Waals surface area contributed by atoms with Gasteiger partial charge in [0.05, 0.1) is 11.7 Å². The second kappa shape index (κ2) is 6.05. The summed E-state index contributed by atoms with van der Waals surface area (Å²) in [6.45, 7) is 1.97. The molecule has 0 radical (unpaired) electrons. The molecule has 2 aromatic carbocycles. The molecule has 0 aliphatic carbocycles. The number of hydrogen-bond donors (Lipinski definition) is 1. The van der Waals surface area contributed by atoms with Crippen LogP contribution in [0.25, 0.3) is 22.0 Å². The molecule has 1 atom stereocenters. The Bertz CT molecular complexity index is 988. The van der Waals surface area contributed by atoms with Gasteiger partial charge in [0.1, 0.15) is 22.4 Å². The first-order valence-corrected chi connectivity index (χ1v) is 8.43. The van der Waals surface area contributed by atoms with Gasteiger partial charge in [0.15, 0.2) is 0 Å². The lowest BCUT2D eigenvalue weighted by molar-refractivity contribution is 0.0939. The number of carbonyl (C=O) groups is 1. The third-order valence-corrected chi connectivity index (χ3v) is 4.43. The SMILES string of the molecule is C[C@@H](Cc1cc2ccccc2o1)NC(=O)c1ccc2nsnc2c1. The molecule has 1 N–H and O–H groups in total. The third-order valence-electron chi connectivity index (χ3n) is 3.88. The highest BCUT2D eigenvalue weighted by molar-refractivity contribution is 7.00. The van der Waals surface area contributed by atoms with Gasteiger partial charge in [-0.15, -0.1) is 0 Å². The van der Waals surface area contributed by atoms with Crippen molar-refractivity contribution in [2.45, 2.75) is 19.4 Å². The summed E-state index contributed by atoms with van der Waals surface area (Å²) in [6.07, 6.45) is 0.640. The van der Waals surface area contributed by atoms with Crippen LogP contribution in [-0.2, 0) is 6.42 Å². The van der Waals surface area contributed by atoms with Crippen LogP contribution >= 0.6 is 11.7 Å². The Morgan fingerprint density at radius 1 is 1.17 bits per heavy atom. The molecule has 4 rings (SSSR count). The van der Waals surface area contributed by atoms with Gasteiger partial charge >= 0.3 is 0 Å². The van der Waals surface area contributed by atoms with Crippen LogP contribution in [0.15, 0.2) is 52.9 Å². The van der Waals surface area contributed by atoms with Crippen molar-refractivity contribution < 1.29 is 9.21 Å². The van der Waals surface area contributed by atoms with Gasteiger partial charge in [0.25, 0.3) is 5.91 Å². The van der Waals surface area contributed by atoms with Gasteiger partial charge in [-0.3, -0.25) is 4.79 Å². The number of furan rings is 1. The van der Waals surface area contributed by atoms with E-state index in [0.29, 0.717) is 12.0 Å². The van der Waals surface area contributed by atoms with Gasteiger partial charge in [0.2, 0.25) is 0 Å². The highest BCUT2D eigenvalue weighted by Crippen LogP contribution is 2.20. The summed E-state index contributed by atoms with van der Waals surface area (Å²) < 4.78 is 14.1. The molecule has 2 aromatic heterocycles. The molecule has 24 heavy (non-hydrogen) atoms. The molecule has 0 saturated carbocycles. The fraction of sp³-hybridized carbons (Fsp3) is 0.167. The van der Waals surface area contributed by atoms with Crippen molar-refractivity contribution >= 4 is 39.6 Å². The quantitative estimate of drug-likeness (QED) is 0.615. The minimum absolute atomic E-state index is 0.0395. The summed E-state index contributed by atoms with van der Waals surface area (Å²) in [5, 5.41) is 4.08. The van der Waals surface area contributed by atoms with Crippen molar-refractivity contribution in [2.24, 2.45) is 0 Å². The normalized spacial score (nSPS) is 12.5. The predicted octanol–water partition coefficient (Wildman–Crippen LogP) is 3.80. The van der Waals surface area contributed by atoms with Crippen molar-refractivity contribution in [1.82, 2.24) is 14.1 Å². The van der Waals surface area contributed by atoms with Crippen LogP contribution in [-0.4, -0.2) is 20.7 Å². The first-order valence-electron chi connectivity index (χ1n) is 7.70. The zero-order valence-corrected chi connectivity index (χ0v) is 13.8. The van der Waals surface area contributed by atoms with Crippen LogP contribution in [0, 0.1) is 0 Å². The van der Waals surface area contributed by atoms with E-state index >= 15 is 0 Å².